The molecule has 0 heterocycles. The summed E-state index contributed by atoms with van der Waals surface area (Å²) in [4.78, 5) is 12.0. The van der Waals surface area contributed by atoms with E-state index in [1.54, 1.807) is 6.07 Å². The molecule has 0 amide bonds. The molecule has 1 aromatic carbocycles. The summed E-state index contributed by atoms with van der Waals surface area (Å²) in [6.07, 6.45) is 2.61. The topological polar surface area (TPSA) is 40.9 Å². The van der Waals surface area contributed by atoms with E-state index in [0.29, 0.717) is 12.8 Å². The van der Waals surface area contributed by atoms with Gasteiger partial charge in [0.1, 0.15) is 11.2 Å². The lowest BCUT2D eigenvalue weighted by Gasteiger charge is -2.29. The van der Waals surface area contributed by atoms with Gasteiger partial charge in [0, 0.05) is 23.4 Å². The van der Waals surface area contributed by atoms with Crippen molar-refractivity contribution in [2.24, 2.45) is 5.41 Å². The molecular formula is C14H13ClFNO. The average Bonchev–Trinajstić information content (AvgIpc) is 2.36. The number of ketones is 1. The van der Waals surface area contributed by atoms with Gasteiger partial charge in [-0.2, -0.15) is 5.26 Å². The van der Waals surface area contributed by atoms with Crippen LogP contribution in [-0.2, 0) is 11.2 Å². The van der Waals surface area contributed by atoms with Crippen LogP contribution in [0.3, 0.4) is 0 Å². The third-order valence-corrected chi connectivity index (χ3v) is 3.90. The predicted molar refractivity (Wildman–Crippen MR) is 66.6 cm³/mol. The molecule has 0 N–H and O–H groups in total. The fourth-order valence-electron chi connectivity index (χ4n) is 2.44. The van der Waals surface area contributed by atoms with Crippen LogP contribution in [-0.4, -0.2) is 5.78 Å². The maximum absolute atomic E-state index is 13.7. The fraction of sp³-hybridized carbons (Fsp3) is 0.429. The van der Waals surface area contributed by atoms with Crippen molar-refractivity contribution in [2.75, 3.05) is 0 Å². The summed E-state index contributed by atoms with van der Waals surface area (Å²) in [6.45, 7) is 0. The molecule has 1 fully saturated rings. The minimum Gasteiger partial charge on any atom is -0.298 e. The zero-order valence-electron chi connectivity index (χ0n) is 9.88. The van der Waals surface area contributed by atoms with Crippen molar-refractivity contribution in [3.63, 3.8) is 0 Å². The van der Waals surface area contributed by atoms with Crippen LogP contribution < -0.4 is 0 Å². The minimum absolute atomic E-state index is 0.0772. The Bertz CT molecular complexity index is 503. The van der Waals surface area contributed by atoms with E-state index >= 15 is 0 Å². The standard InChI is InChI=1S/C14H13ClFNO/c15-11-4-3-5-12(16)10(11)8-14(9-17)7-2-1-6-13(14)18/h3-5H,1-2,6-8H2. The van der Waals surface area contributed by atoms with E-state index in [1.165, 1.54) is 12.1 Å². The maximum Gasteiger partial charge on any atom is 0.153 e. The van der Waals surface area contributed by atoms with Crippen molar-refractivity contribution in [2.45, 2.75) is 32.1 Å². The van der Waals surface area contributed by atoms with Gasteiger partial charge in [0.2, 0.25) is 0 Å². The van der Waals surface area contributed by atoms with E-state index in [2.05, 4.69) is 6.07 Å². The molecule has 2 nitrogen and oxygen atoms in total. The summed E-state index contributed by atoms with van der Waals surface area (Å²) in [6, 6.07) is 6.50. The van der Waals surface area contributed by atoms with Crippen molar-refractivity contribution >= 4 is 17.4 Å². The molecule has 0 aromatic heterocycles. The Kier molecular flexibility index (Phi) is 3.68. The second-order valence-electron chi connectivity index (χ2n) is 4.70. The fourth-order valence-corrected chi connectivity index (χ4v) is 2.67. The number of nitriles is 1. The lowest BCUT2D eigenvalue weighted by Crippen LogP contribution is -2.35. The molecule has 0 saturated heterocycles. The van der Waals surface area contributed by atoms with Gasteiger partial charge in [-0.05, 0) is 25.0 Å². The number of Topliss-reactive ketones (excluding diaryl/α,β-unsaturated/α-hetero) is 1. The Morgan fingerprint density at radius 2 is 2.22 bits per heavy atom. The van der Waals surface area contributed by atoms with Gasteiger partial charge < -0.3 is 0 Å². The molecule has 1 unspecified atom stereocenters. The molecule has 0 radical (unpaired) electrons. The number of benzene rings is 1. The van der Waals surface area contributed by atoms with Crippen LogP contribution in [0, 0.1) is 22.6 Å². The molecule has 1 aromatic rings. The van der Waals surface area contributed by atoms with Crippen LogP contribution >= 0.6 is 11.6 Å². The SMILES string of the molecule is N#CC1(Cc2c(F)cccc2Cl)CCCCC1=O. The zero-order chi connectivity index (χ0) is 13.2. The van der Waals surface area contributed by atoms with Crippen molar-refractivity contribution in [1.29, 1.82) is 5.26 Å². The second-order valence-corrected chi connectivity index (χ2v) is 5.11. The van der Waals surface area contributed by atoms with Crippen LogP contribution in [0.5, 0.6) is 0 Å². The quantitative estimate of drug-likeness (QED) is 0.818. The monoisotopic (exact) mass is 265 g/mol. The molecule has 1 saturated carbocycles. The highest BCUT2D eigenvalue weighted by atomic mass is 35.5. The molecule has 0 bridgehead atoms. The molecule has 0 spiro atoms. The van der Waals surface area contributed by atoms with Gasteiger partial charge in [-0.3, -0.25) is 4.79 Å². The molecule has 2 rings (SSSR count). The van der Waals surface area contributed by atoms with Gasteiger partial charge in [0.15, 0.2) is 5.78 Å². The van der Waals surface area contributed by atoms with E-state index < -0.39 is 11.2 Å². The molecular weight excluding hydrogens is 253 g/mol. The van der Waals surface area contributed by atoms with Gasteiger partial charge in [0.25, 0.3) is 0 Å². The van der Waals surface area contributed by atoms with E-state index in [9.17, 15) is 14.4 Å². The molecule has 94 valence electrons. The summed E-state index contributed by atoms with van der Waals surface area (Å²) in [5.41, 5.74) is -0.819. The number of rotatable bonds is 2. The number of carbonyl (C=O) groups excluding carboxylic acids is 1. The van der Waals surface area contributed by atoms with E-state index in [0.717, 1.165) is 12.8 Å². The van der Waals surface area contributed by atoms with Crippen molar-refractivity contribution in [3.8, 4) is 6.07 Å². The van der Waals surface area contributed by atoms with Crippen LogP contribution in [0.1, 0.15) is 31.2 Å². The molecule has 1 atom stereocenters. The largest absolute Gasteiger partial charge is 0.298 e. The van der Waals surface area contributed by atoms with Crippen molar-refractivity contribution in [1.82, 2.24) is 0 Å². The predicted octanol–water partition coefficient (Wildman–Crippen LogP) is 3.67. The zero-order valence-corrected chi connectivity index (χ0v) is 10.6. The van der Waals surface area contributed by atoms with Crippen molar-refractivity contribution < 1.29 is 9.18 Å². The molecule has 0 aliphatic heterocycles. The summed E-state index contributed by atoms with van der Waals surface area (Å²) < 4.78 is 13.7. The first kappa shape index (κ1) is 13.0. The van der Waals surface area contributed by atoms with E-state index in [1.807, 2.05) is 0 Å². The minimum atomic E-state index is -1.09. The molecule has 18 heavy (non-hydrogen) atoms. The van der Waals surface area contributed by atoms with Gasteiger partial charge >= 0.3 is 0 Å². The number of hydrogen-bond donors (Lipinski definition) is 0. The summed E-state index contributed by atoms with van der Waals surface area (Å²) in [5.74, 6) is -0.536. The van der Waals surface area contributed by atoms with Crippen molar-refractivity contribution in [3.05, 3.63) is 34.6 Å². The number of carbonyl (C=O) groups is 1. The lowest BCUT2D eigenvalue weighted by molar-refractivity contribution is -0.128. The second kappa shape index (κ2) is 5.07. The Morgan fingerprint density at radius 1 is 1.44 bits per heavy atom. The molecule has 1 aliphatic carbocycles. The summed E-state index contributed by atoms with van der Waals surface area (Å²) in [5, 5.41) is 9.60. The first-order valence-corrected chi connectivity index (χ1v) is 6.34. The summed E-state index contributed by atoms with van der Waals surface area (Å²) >= 11 is 5.95. The van der Waals surface area contributed by atoms with Crippen LogP contribution in [0.4, 0.5) is 4.39 Å². The van der Waals surface area contributed by atoms with Crippen LogP contribution in [0.25, 0.3) is 0 Å². The van der Waals surface area contributed by atoms with Gasteiger partial charge in [-0.15, -0.1) is 0 Å². The van der Waals surface area contributed by atoms with Gasteiger partial charge in [0.05, 0.1) is 6.07 Å². The Balaban J connectivity index is 2.37. The van der Waals surface area contributed by atoms with E-state index in [-0.39, 0.29) is 22.8 Å². The summed E-state index contributed by atoms with van der Waals surface area (Å²) in [7, 11) is 0. The normalized spacial score (nSPS) is 23.7. The highest BCUT2D eigenvalue weighted by Crippen LogP contribution is 2.38. The maximum atomic E-state index is 13.7. The van der Waals surface area contributed by atoms with Gasteiger partial charge in [-0.1, -0.05) is 24.1 Å². The van der Waals surface area contributed by atoms with Gasteiger partial charge in [-0.25, -0.2) is 4.39 Å². The Hall–Kier alpha value is -1.40. The first-order valence-electron chi connectivity index (χ1n) is 5.96. The number of hydrogen-bond acceptors (Lipinski definition) is 2. The van der Waals surface area contributed by atoms with Crippen LogP contribution in [0.2, 0.25) is 5.02 Å². The van der Waals surface area contributed by atoms with Crippen LogP contribution in [0.15, 0.2) is 18.2 Å². The highest BCUT2D eigenvalue weighted by Gasteiger charge is 2.41. The average molecular weight is 266 g/mol. The lowest BCUT2D eigenvalue weighted by atomic mass is 9.70. The third kappa shape index (κ3) is 2.26. The highest BCUT2D eigenvalue weighted by molar-refractivity contribution is 6.31. The third-order valence-electron chi connectivity index (χ3n) is 3.55. The number of halogens is 2. The number of nitrogens with zero attached hydrogens (tertiary/aromatic N) is 1. The molecule has 1 aliphatic rings. The van der Waals surface area contributed by atoms with E-state index in [4.69, 9.17) is 11.6 Å². The Labute approximate surface area is 110 Å². The Morgan fingerprint density at radius 3 is 2.83 bits per heavy atom. The first-order chi connectivity index (χ1) is 8.59. The smallest absolute Gasteiger partial charge is 0.153 e. The molecule has 4 heteroatoms.